The van der Waals surface area contributed by atoms with Gasteiger partial charge in [0.2, 0.25) is 9.05 Å². The summed E-state index contributed by atoms with van der Waals surface area (Å²) < 4.78 is 28.8. The minimum atomic E-state index is -3.49. The van der Waals surface area contributed by atoms with E-state index < -0.39 is 9.05 Å². The summed E-state index contributed by atoms with van der Waals surface area (Å²) in [6, 6.07) is 6.01. The van der Waals surface area contributed by atoms with Crippen molar-refractivity contribution in [1.82, 2.24) is 0 Å². The zero-order chi connectivity index (χ0) is 14.8. The van der Waals surface area contributed by atoms with Gasteiger partial charge in [0.1, 0.15) is 5.75 Å². The fourth-order valence-electron chi connectivity index (χ4n) is 3.01. The number of ether oxygens (including phenoxy) is 1. The van der Waals surface area contributed by atoms with Crippen molar-refractivity contribution in [3.8, 4) is 5.75 Å². The summed E-state index contributed by atoms with van der Waals surface area (Å²) >= 11 is 0. The van der Waals surface area contributed by atoms with Crippen molar-refractivity contribution < 1.29 is 13.2 Å². The van der Waals surface area contributed by atoms with E-state index in [1.165, 1.54) is 5.56 Å². The predicted octanol–water partition coefficient (Wildman–Crippen LogP) is 3.81. The second kappa shape index (κ2) is 5.94. The molecule has 1 fully saturated rings. The smallest absolute Gasteiger partial charge is 0.233 e. The number of aryl methyl sites for hydroxylation is 2. The molecule has 0 spiro atoms. The number of hydrogen-bond donors (Lipinski definition) is 0. The van der Waals surface area contributed by atoms with Crippen LogP contribution in [0.25, 0.3) is 0 Å². The molecule has 2 rings (SSSR count). The van der Waals surface area contributed by atoms with Gasteiger partial charge in [0, 0.05) is 16.1 Å². The third-order valence-electron chi connectivity index (χ3n) is 4.01. The van der Waals surface area contributed by atoms with Gasteiger partial charge in [-0.25, -0.2) is 8.42 Å². The SMILES string of the molecule is Cc1ccc(OCC2(CS(=O)(=O)Cl)CCCC2)c(C)c1. The van der Waals surface area contributed by atoms with Crippen molar-refractivity contribution in [3.63, 3.8) is 0 Å². The molecule has 0 bridgehead atoms. The van der Waals surface area contributed by atoms with Gasteiger partial charge in [-0.15, -0.1) is 0 Å². The second-order valence-electron chi connectivity index (χ2n) is 5.95. The summed E-state index contributed by atoms with van der Waals surface area (Å²) in [6.45, 7) is 4.46. The molecule has 0 heterocycles. The number of rotatable bonds is 5. The second-order valence-corrected chi connectivity index (χ2v) is 8.72. The lowest BCUT2D eigenvalue weighted by Gasteiger charge is -2.27. The average molecular weight is 317 g/mol. The molecule has 112 valence electrons. The van der Waals surface area contributed by atoms with Gasteiger partial charge < -0.3 is 4.74 Å². The lowest BCUT2D eigenvalue weighted by atomic mass is 9.90. The molecule has 0 unspecified atom stereocenters. The van der Waals surface area contributed by atoms with E-state index in [0.29, 0.717) is 6.61 Å². The van der Waals surface area contributed by atoms with Gasteiger partial charge >= 0.3 is 0 Å². The number of benzene rings is 1. The van der Waals surface area contributed by atoms with Crippen LogP contribution in [0.4, 0.5) is 0 Å². The molecule has 1 aliphatic rings. The highest BCUT2D eigenvalue weighted by Crippen LogP contribution is 2.40. The predicted molar refractivity (Wildman–Crippen MR) is 82.0 cm³/mol. The first-order chi connectivity index (χ1) is 9.30. The van der Waals surface area contributed by atoms with Crippen molar-refractivity contribution in [2.45, 2.75) is 39.5 Å². The molecule has 1 saturated carbocycles. The Morgan fingerprint density at radius 2 is 1.90 bits per heavy atom. The van der Waals surface area contributed by atoms with Crippen LogP contribution in [0, 0.1) is 19.3 Å². The van der Waals surface area contributed by atoms with Crippen LogP contribution in [0.2, 0.25) is 0 Å². The summed E-state index contributed by atoms with van der Waals surface area (Å²) in [4.78, 5) is 0. The Morgan fingerprint density at radius 1 is 1.25 bits per heavy atom. The van der Waals surface area contributed by atoms with E-state index in [9.17, 15) is 8.42 Å². The molecule has 1 aromatic carbocycles. The molecule has 0 aromatic heterocycles. The Kier molecular flexibility index (Phi) is 4.65. The van der Waals surface area contributed by atoms with Crippen LogP contribution < -0.4 is 4.74 Å². The van der Waals surface area contributed by atoms with Crippen molar-refractivity contribution in [2.24, 2.45) is 5.41 Å². The third-order valence-corrected chi connectivity index (χ3v) is 5.29. The summed E-state index contributed by atoms with van der Waals surface area (Å²) in [5, 5.41) is 0. The van der Waals surface area contributed by atoms with Crippen molar-refractivity contribution in [2.75, 3.05) is 12.4 Å². The van der Waals surface area contributed by atoms with Gasteiger partial charge in [-0.1, -0.05) is 30.5 Å². The number of hydrogen-bond acceptors (Lipinski definition) is 3. The minimum absolute atomic E-state index is 0.00641. The first kappa shape index (κ1) is 15.6. The van der Waals surface area contributed by atoms with Crippen LogP contribution in [-0.2, 0) is 9.05 Å². The van der Waals surface area contributed by atoms with Crippen molar-refractivity contribution in [1.29, 1.82) is 0 Å². The maximum atomic E-state index is 11.4. The van der Waals surface area contributed by atoms with Gasteiger partial charge in [-0.3, -0.25) is 0 Å². The normalized spacial score (nSPS) is 18.1. The van der Waals surface area contributed by atoms with Crippen molar-refractivity contribution >= 4 is 19.7 Å². The Hall–Kier alpha value is -0.740. The average Bonchev–Trinajstić information content (AvgIpc) is 2.74. The van der Waals surface area contributed by atoms with Gasteiger partial charge in [-0.2, -0.15) is 0 Å². The first-order valence-corrected chi connectivity index (χ1v) is 9.40. The molecule has 0 radical (unpaired) electrons. The fraction of sp³-hybridized carbons (Fsp3) is 0.600. The Morgan fingerprint density at radius 3 is 2.45 bits per heavy atom. The molecule has 0 saturated heterocycles. The zero-order valence-corrected chi connectivity index (χ0v) is 13.6. The van der Waals surface area contributed by atoms with Gasteiger partial charge in [0.25, 0.3) is 0 Å². The van der Waals surface area contributed by atoms with E-state index in [0.717, 1.165) is 37.0 Å². The monoisotopic (exact) mass is 316 g/mol. The molecule has 0 atom stereocenters. The third kappa shape index (κ3) is 4.13. The van der Waals surface area contributed by atoms with E-state index in [2.05, 4.69) is 6.07 Å². The summed E-state index contributed by atoms with van der Waals surface area (Å²) in [5.41, 5.74) is 1.94. The van der Waals surface area contributed by atoms with Crippen molar-refractivity contribution in [3.05, 3.63) is 29.3 Å². The van der Waals surface area contributed by atoms with Gasteiger partial charge in [-0.05, 0) is 38.3 Å². The molecular formula is C15H21ClO3S. The largest absolute Gasteiger partial charge is 0.493 e. The maximum absolute atomic E-state index is 11.4. The lowest BCUT2D eigenvalue weighted by Crippen LogP contribution is -2.32. The highest BCUT2D eigenvalue weighted by atomic mass is 35.7. The lowest BCUT2D eigenvalue weighted by molar-refractivity contribution is 0.170. The molecular weight excluding hydrogens is 296 g/mol. The van der Waals surface area contributed by atoms with Crippen LogP contribution >= 0.6 is 10.7 Å². The van der Waals surface area contributed by atoms with E-state index in [-0.39, 0.29) is 11.2 Å². The molecule has 1 aromatic rings. The van der Waals surface area contributed by atoms with E-state index >= 15 is 0 Å². The van der Waals surface area contributed by atoms with Crippen LogP contribution in [-0.4, -0.2) is 20.8 Å². The molecule has 20 heavy (non-hydrogen) atoms. The molecule has 0 N–H and O–H groups in total. The molecule has 1 aliphatic carbocycles. The van der Waals surface area contributed by atoms with Crippen LogP contribution in [0.5, 0.6) is 5.75 Å². The van der Waals surface area contributed by atoms with Crippen LogP contribution in [0.15, 0.2) is 18.2 Å². The topological polar surface area (TPSA) is 43.4 Å². The van der Waals surface area contributed by atoms with Crippen LogP contribution in [0.1, 0.15) is 36.8 Å². The highest BCUT2D eigenvalue weighted by molar-refractivity contribution is 8.13. The summed E-state index contributed by atoms with van der Waals surface area (Å²) in [6.07, 6.45) is 3.82. The summed E-state index contributed by atoms with van der Waals surface area (Å²) in [5.74, 6) is 0.834. The molecule has 3 nitrogen and oxygen atoms in total. The maximum Gasteiger partial charge on any atom is 0.233 e. The standard InChI is InChI=1S/C15H21ClO3S/c1-12-5-6-14(13(2)9-12)19-10-15(7-3-4-8-15)11-20(16,17)18/h5-6,9H,3-4,7-8,10-11H2,1-2H3. The van der Waals surface area contributed by atoms with Gasteiger partial charge in [0.15, 0.2) is 0 Å². The quantitative estimate of drug-likeness (QED) is 0.776. The molecule has 5 heteroatoms. The zero-order valence-electron chi connectivity index (χ0n) is 12.0. The summed E-state index contributed by atoms with van der Waals surface area (Å²) in [7, 11) is 1.96. The fourth-order valence-corrected chi connectivity index (χ4v) is 4.81. The Balaban J connectivity index is 2.09. The number of halogens is 1. The first-order valence-electron chi connectivity index (χ1n) is 6.92. The highest BCUT2D eigenvalue weighted by Gasteiger charge is 2.38. The van der Waals surface area contributed by atoms with E-state index in [4.69, 9.17) is 15.4 Å². The minimum Gasteiger partial charge on any atom is -0.493 e. The Bertz CT molecular complexity index is 575. The van der Waals surface area contributed by atoms with Crippen LogP contribution in [0.3, 0.4) is 0 Å². The van der Waals surface area contributed by atoms with E-state index in [1.54, 1.807) is 0 Å². The van der Waals surface area contributed by atoms with Gasteiger partial charge in [0.05, 0.1) is 12.4 Å². The molecule has 0 amide bonds. The molecule has 0 aliphatic heterocycles. The Labute approximate surface area is 125 Å². The van der Waals surface area contributed by atoms with E-state index in [1.807, 2.05) is 26.0 Å².